The maximum Gasteiger partial charge on any atom is 0.0781 e. The fourth-order valence-electron chi connectivity index (χ4n) is 1.26. The highest BCUT2D eigenvalue weighted by atomic mass is 32.1. The monoisotopic (exact) mass is 193 g/mol. The van der Waals surface area contributed by atoms with Gasteiger partial charge in [-0.2, -0.15) is 0 Å². The highest BCUT2D eigenvalue weighted by molar-refractivity contribution is 7.17. The molecule has 13 heavy (non-hydrogen) atoms. The maximum absolute atomic E-state index is 5.18. The van der Waals surface area contributed by atoms with E-state index in [-0.39, 0.29) is 0 Å². The van der Waals surface area contributed by atoms with Crippen LogP contribution in [-0.2, 0) is 0 Å². The first-order chi connectivity index (χ1) is 6.42. The lowest BCUT2D eigenvalue weighted by Crippen LogP contribution is -2.28. The molecule has 0 fully saturated rings. The van der Waals surface area contributed by atoms with Gasteiger partial charge in [0.1, 0.15) is 0 Å². The Morgan fingerprint density at radius 1 is 1.31 bits per heavy atom. The van der Waals surface area contributed by atoms with Gasteiger partial charge in [-0.25, -0.2) is 5.43 Å². The highest BCUT2D eigenvalue weighted by Crippen LogP contribution is 2.29. The van der Waals surface area contributed by atoms with Gasteiger partial charge in [0.25, 0.3) is 0 Å². The predicted molar refractivity (Wildman–Crippen MR) is 57.6 cm³/mol. The number of thiophene rings is 1. The lowest BCUT2D eigenvalue weighted by molar-refractivity contribution is 0.791. The maximum atomic E-state index is 5.18. The topological polar surface area (TPSA) is 50.1 Å². The van der Waals surface area contributed by atoms with E-state index in [1.807, 2.05) is 12.1 Å². The summed E-state index contributed by atoms with van der Waals surface area (Å²) in [5.41, 5.74) is 3.70. The Bertz CT molecular complexity index is 396. The van der Waals surface area contributed by atoms with Crippen LogP contribution in [0, 0.1) is 0 Å². The van der Waals surface area contributed by atoms with Gasteiger partial charge >= 0.3 is 0 Å². The van der Waals surface area contributed by atoms with Crippen molar-refractivity contribution in [3.63, 3.8) is 0 Å². The number of nitrogens with one attached hydrogen (secondary N) is 2. The van der Waals surface area contributed by atoms with E-state index >= 15 is 0 Å². The molecule has 2 aromatic rings. The van der Waals surface area contributed by atoms with Crippen molar-refractivity contribution in [2.24, 2.45) is 5.84 Å². The van der Waals surface area contributed by atoms with Gasteiger partial charge in [-0.05, 0) is 6.07 Å². The minimum Gasteiger partial charge on any atom is -0.370 e. The summed E-state index contributed by atoms with van der Waals surface area (Å²) in [5.74, 6) is 5.18. The van der Waals surface area contributed by atoms with Crippen LogP contribution in [0.5, 0.6) is 0 Å². The van der Waals surface area contributed by atoms with E-state index < -0.39 is 0 Å². The molecule has 0 aliphatic heterocycles. The van der Waals surface area contributed by atoms with Gasteiger partial charge in [0.2, 0.25) is 0 Å². The van der Waals surface area contributed by atoms with Crippen LogP contribution in [0.4, 0.5) is 5.69 Å². The van der Waals surface area contributed by atoms with Crippen LogP contribution in [0.15, 0.2) is 29.6 Å². The van der Waals surface area contributed by atoms with Gasteiger partial charge in [0, 0.05) is 15.5 Å². The molecule has 0 amide bonds. The summed E-state index contributed by atoms with van der Waals surface area (Å²) >= 11 is 1.73. The highest BCUT2D eigenvalue weighted by Gasteiger charge is 2.00. The van der Waals surface area contributed by atoms with Crippen LogP contribution in [0.25, 0.3) is 10.1 Å². The Hall–Kier alpha value is -1.10. The number of hydrogen-bond acceptors (Lipinski definition) is 4. The molecule has 4 N–H and O–H groups in total. The van der Waals surface area contributed by atoms with Crippen LogP contribution in [0.3, 0.4) is 0 Å². The summed E-state index contributed by atoms with van der Waals surface area (Å²) in [7, 11) is 0. The molecule has 0 saturated heterocycles. The van der Waals surface area contributed by atoms with Crippen LogP contribution >= 0.6 is 11.3 Å². The quantitative estimate of drug-likeness (QED) is 0.395. The first kappa shape index (κ1) is 8.50. The van der Waals surface area contributed by atoms with E-state index in [2.05, 4.69) is 28.3 Å². The van der Waals surface area contributed by atoms with Crippen molar-refractivity contribution in [3.05, 3.63) is 29.6 Å². The van der Waals surface area contributed by atoms with Gasteiger partial charge in [0.15, 0.2) is 0 Å². The molecule has 0 radical (unpaired) electrons. The van der Waals surface area contributed by atoms with Crippen molar-refractivity contribution in [1.82, 2.24) is 5.43 Å². The first-order valence-corrected chi connectivity index (χ1v) is 4.93. The fourth-order valence-corrected chi connectivity index (χ4v) is 2.18. The Balaban J connectivity index is 2.35. The number of rotatable bonds is 3. The van der Waals surface area contributed by atoms with E-state index in [4.69, 9.17) is 5.84 Å². The Morgan fingerprint density at radius 2 is 2.15 bits per heavy atom. The number of benzene rings is 1. The summed E-state index contributed by atoms with van der Waals surface area (Å²) in [6.07, 6.45) is 0. The minimum absolute atomic E-state index is 0.584. The Kier molecular flexibility index (Phi) is 2.44. The third kappa shape index (κ3) is 1.65. The molecule has 0 aliphatic rings. The molecular weight excluding hydrogens is 182 g/mol. The smallest absolute Gasteiger partial charge is 0.0781 e. The lowest BCUT2D eigenvalue weighted by Gasteiger charge is -2.02. The second-order valence-electron chi connectivity index (χ2n) is 2.70. The lowest BCUT2D eigenvalue weighted by atomic mass is 10.2. The van der Waals surface area contributed by atoms with Crippen molar-refractivity contribution in [2.75, 3.05) is 12.0 Å². The molecule has 0 saturated carbocycles. The zero-order valence-corrected chi connectivity index (χ0v) is 7.90. The number of hydrogen-bond donors (Lipinski definition) is 3. The fraction of sp³-hybridized carbons (Fsp3) is 0.111. The number of hydrazine groups is 1. The molecule has 4 heteroatoms. The summed E-state index contributed by atoms with van der Waals surface area (Å²) in [4.78, 5) is 0. The van der Waals surface area contributed by atoms with E-state index in [1.165, 1.54) is 10.1 Å². The van der Waals surface area contributed by atoms with Gasteiger partial charge in [0.05, 0.1) is 12.4 Å². The van der Waals surface area contributed by atoms with Crippen LogP contribution in [0.1, 0.15) is 0 Å². The average molecular weight is 193 g/mol. The Morgan fingerprint density at radius 3 is 3.00 bits per heavy atom. The molecule has 0 aliphatic carbocycles. The molecule has 3 nitrogen and oxygen atoms in total. The molecular formula is C9H11N3S. The molecule has 1 aromatic heterocycles. The first-order valence-electron chi connectivity index (χ1n) is 4.05. The third-order valence-corrected chi connectivity index (χ3v) is 2.83. The van der Waals surface area contributed by atoms with Crippen molar-refractivity contribution in [1.29, 1.82) is 0 Å². The van der Waals surface area contributed by atoms with Crippen molar-refractivity contribution >= 4 is 27.1 Å². The summed E-state index contributed by atoms with van der Waals surface area (Å²) < 4.78 is 1.29. The molecule has 1 aromatic carbocycles. The molecule has 0 spiro atoms. The van der Waals surface area contributed by atoms with E-state index in [0.29, 0.717) is 6.67 Å². The van der Waals surface area contributed by atoms with Gasteiger partial charge < -0.3 is 5.32 Å². The van der Waals surface area contributed by atoms with Crippen molar-refractivity contribution in [3.8, 4) is 0 Å². The summed E-state index contributed by atoms with van der Waals surface area (Å²) in [5, 5.41) is 6.54. The largest absolute Gasteiger partial charge is 0.370 e. The van der Waals surface area contributed by atoms with E-state index in [1.54, 1.807) is 11.3 Å². The summed E-state index contributed by atoms with van der Waals surface area (Å²) in [6.45, 7) is 0.584. The number of nitrogens with two attached hydrogens (primary N) is 1. The van der Waals surface area contributed by atoms with E-state index in [9.17, 15) is 0 Å². The molecule has 0 unspecified atom stereocenters. The number of fused-ring (bicyclic) bond motifs is 1. The van der Waals surface area contributed by atoms with Crippen LogP contribution < -0.4 is 16.6 Å². The van der Waals surface area contributed by atoms with Crippen molar-refractivity contribution in [2.45, 2.75) is 0 Å². The third-order valence-electron chi connectivity index (χ3n) is 1.86. The zero-order chi connectivity index (χ0) is 9.10. The number of anilines is 1. The van der Waals surface area contributed by atoms with Gasteiger partial charge in [-0.15, -0.1) is 11.3 Å². The molecule has 0 bridgehead atoms. The van der Waals surface area contributed by atoms with E-state index in [0.717, 1.165) is 5.69 Å². The van der Waals surface area contributed by atoms with Crippen LogP contribution in [-0.4, -0.2) is 6.67 Å². The summed E-state index contributed by atoms with van der Waals surface area (Å²) in [6, 6.07) is 8.30. The van der Waals surface area contributed by atoms with Crippen molar-refractivity contribution < 1.29 is 0 Å². The standard InChI is InChI=1S/C9H11N3S/c10-12-6-11-8-5-13-9-4-2-1-3-7(8)9/h1-5,11-12H,6,10H2. The van der Waals surface area contributed by atoms with Crippen LogP contribution in [0.2, 0.25) is 0 Å². The SMILES string of the molecule is NNCNc1csc2ccccc12. The second kappa shape index (κ2) is 3.74. The van der Waals surface area contributed by atoms with Gasteiger partial charge in [-0.1, -0.05) is 18.2 Å². The normalized spacial score (nSPS) is 10.5. The minimum atomic E-state index is 0.584. The average Bonchev–Trinajstić information content (AvgIpc) is 2.58. The zero-order valence-electron chi connectivity index (χ0n) is 7.08. The van der Waals surface area contributed by atoms with Gasteiger partial charge in [-0.3, -0.25) is 5.84 Å². The molecule has 1 heterocycles. The molecule has 68 valence electrons. The predicted octanol–water partition coefficient (Wildman–Crippen LogP) is 1.73. The Labute approximate surface area is 80.5 Å². The molecule has 2 rings (SSSR count). The molecule has 0 atom stereocenters. The second-order valence-corrected chi connectivity index (χ2v) is 3.61.